The van der Waals surface area contributed by atoms with Crippen molar-refractivity contribution in [2.24, 2.45) is 11.8 Å². The lowest BCUT2D eigenvalue weighted by atomic mass is 9.70. The van der Waals surface area contributed by atoms with Crippen LogP contribution >= 0.6 is 0 Å². The van der Waals surface area contributed by atoms with E-state index in [9.17, 15) is 49.1 Å². The number of aliphatic hydroxyl groups is 1. The van der Waals surface area contributed by atoms with Gasteiger partial charge in [-0.2, -0.15) is 26.3 Å². The van der Waals surface area contributed by atoms with Gasteiger partial charge in [0, 0.05) is 12.0 Å². The number of esters is 1. The molecular formula is C28H31F7O5S. The number of carbonyl (C=O) groups excluding carboxylic acids is 1. The maximum Gasteiger partial charge on any atom is 0.430 e. The van der Waals surface area contributed by atoms with Crippen molar-refractivity contribution in [2.75, 3.05) is 0 Å². The van der Waals surface area contributed by atoms with Crippen LogP contribution in [0.4, 0.5) is 30.7 Å². The molecule has 1 aliphatic carbocycles. The fourth-order valence-corrected chi connectivity index (χ4v) is 7.66. The second-order valence-electron chi connectivity index (χ2n) is 11.5. The molecule has 2 aromatic rings. The van der Waals surface area contributed by atoms with Crippen LogP contribution in [0.2, 0.25) is 0 Å². The van der Waals surface area contributed by atoms with E-state index >= 15 is 0 Å². The first-order valence-electron chi connectivity index (χ1n) is 12.7. The molecule has 1 saturated carbocycles. The van der Waals surface area contributed by atoms with Gasteiger partial charge in [0.05, 0.1) is 4.90 Å². The molecule has 0 radical (unpaired) electrons. The minimum atomic E-state index is -6.11. The summed E-state index contributed by atoms with van der Waals surface area (Å²) in [7, 11) is -4.40. The van der Waals surface area contributed by atoms with Gasteiger partial charge in [-0.1, -0.05) is 31.2 Å². The molecule has 0 heterocycles. The molecule has 13 heteroatoms. The van der Waals surface area contributed by atoms with Crippen LogP contribution in [0.3, 0.4) is 0 Å². The highest BCUT2D eigenvalue weighted by Gasteiger charge is 2.71. The van der Waals surface area contributed by atoms with Crippen molar-refractivity contribution in [1.29, 1.82) is 0 Å². The molecule has 1 unspecified atom stereocenters. The monoisotopic (exact) mass is 612 g/mol. The number of rotatable bonds is 6. The number of alkyl halides is 6. The number of ether oxygens (including phenoxy) is 1. The summed E-state index contributed by atoms with van der Waals surface area (Å²) in [6.07, 6.45) is -12.3. The summed E-state index contributed by atoms with van der Waals surface area (Å²) < 4.78 is 126. The van der Waals surface area contributed by atoms with E-state index in [0.29, 0.717) is 12.1 Å². The summed E-state index contributed by atoms with van der Waals surface area (Å²) >= 11 is 0. The van der Waals surface area contributed by atoms with E-state index in [0.717, 1.165) is 36.4 Å². The zero-order chi connectivity index (χ0) is 31.2. The van der Waals surface area contributed by atoms with Crippen molar-refractivity contribution in [3.05, 3.63) is 65.5 Å². The van der Waals surface area contributed by atoms with Crippen LogP contribution in [-0.4, -0.2) is 37.4 Å². The van der Waals surface area contributed by atoms with Crippen molar-refractivity contribution < 1.29 is 53.8 Å². The van der Waals surface area contributed by atoms with Crippen molar-refractivity contribution in [1.82, 2.24) is 0 Å². The summed E-state index contributed by atoms with van der Waals surface area (Å²) in [4.78, 5) is 12.2. The molecule has 3 rings (SSSR count). The van der Waals surface area contributed by atoms with Crippen LogP contribution in [0.5, 0.6) is 0 Å². The van der Waals surface area contributed by atoms with E-state index in [2.05, 4.69) is 0 Å². The van der Waals surface area contributed by atoms with E-state index in [1.54, 1.807) is 27.7 Å². The Labute approximate surface area is 233 Å². The van der Waals surface area contributed by atoms with E-state index in [1.165, 1.54) is 0 Å². The number of carbonyl (C=O) groups is 1. The Morgan fingerprint density at radius 2 is 1.46 bits per heavy atom. The Morgan fingerprint density at radius 1 is 0.951 bits per heavy atom. The number of sulfone groups is 1. The lowest BCUT2D eigenvalue weighted by Gasteiger charge is -2.43. The van der Waals surface area contributed by atoms with Crippen molar-refractivity contribution in [3.8, 4) is 0 Å². The second kappa shape index (κ2) is 10.9. The van der Waals surface area contributed by atoms with Crippen molar-refractivity contribution in [3.63, 3.8) is 0 Å². The Morgan fingerprint density at radius 3 is 1.90 bits per heavy atom. The Bertz CT molecular complexity index is 1330. The smallest absolute Gasteiger partial charge is 0.430 e. The quantitative estimate of drug-likeness (QED) is 0.217. The first-order chi connectivity index (χ1) is 18.5. The fourth-order valence-electron chi connectivity index (χ4n) is 5.40. The summed E-state index contributed by atoms with van der Waals surface area (Å²) in [6.45, 7) is 6.77. The van der Waals surface area contributed by atoms with Crippen molar-refractivity contribution >= 4 is 15.8 Å². The minimum Gasteiger partial charge on any atom is -0.460 e. The van der Waals surface area contributed by atoms with Crippen LogP contribution < -0.4 is 0 Å². The first-order valence-corrected chi connectivity index (χ1v) is 14.2. The van der Waals surface area contributed by atoms with Gasteiger partial charge in [0.2, 0.25) is 0 Å². The number of halogens is 7. The van der Waals surface area contributed by atoms with E-state index in [-0.39, 0.29) is 42.1 Å². The largest absolute Gasteiger partial charge is 0.460 e. The lowest BCUT2D eigenvalue weighted by molar-refractivity contribution is -0.376. The first kappa shape index (κ1) is 32.8. The molecule has 41 heavy (non-hydrogen) atoms. The summed E-state index contributed by atoms with van der Waals surface area (Å²) in [5, 5.41) is 9.78. The summed E-state index contributed by atoms with van der Waals surface area (Å²) in [6, 6.07) is 6.40. The van der Waals surface area contributed by atoms with Gasteiger partial charge in [-0.15, -0.1) is 0 Å². The summed E-state index contributed by atoms with van der Waals surface area (Å²) in [5.41, 5.74) is -7.55. The predicted molar refractivity (Wildman–Crippen MR) is 135 cm³/mol. The van der Waals surface area contributed by atoms with Gasteiger partial charge in [0.1, 0.15) is 16.2 Å². The molecule has 0 spiro atoms. The highest BCUT2D eigenvalue weighted by Crippen LogP contribution is 2.53. The molecule has 3 atom stereocenters. The predicted octanol–water partition coefficient (Wildman–Crippen LogP) is 6.98. The van der Waals surface area contributed by atoms with Crippen LogP contribution in [0.25, 0.3) is 0 Å². The molecule has 1 N–H and O–H groups in total. The average Bonchev–Trinajstić information content (AvgIpc) is 2.82. The van der Waals surface area contributed by atoms with Crippen LogP contribution in [0.15, 0.2) is 53.4 Å². The lowest BCUT2D eigenvalue weighted by Crippen LogP contribution is -2.54. The maximum absolute atomic E-state index is 14.1. The normalized spacial score (nSPS) is 22.8. The molecule has 0 aromatic heterocycles. The molecule has 5 nitrogen and oxygen atoms in total. The molecule has 1 fully saturated rings. The van der Waals surface area contributed by atoms with E-state index in [4.69, 9.17) is 4.74 Å². The molecule has 228 valence electrons. The van der Waals surface area contributed by atoms with Gasteiger partial charge in [-0.3, -0.25) is 4.79 Å². The van der Waals surface area contributed by atoms with Gasteiger partial charge in [-0.05, 0) is 81.7 Å². The van der Waals surface area contributed by atoms with Gasteiger partial charge in [-0.25, -0.2) is 12.8 Å². The third-order valence-electron chi connectivity index (χ3n) is 7.51. The average molecular weight is 613 g/mol. The molecule has 0 aliphatic heterocycles. The number of hydrogen-bond acceptors (Lipinski definition) is 5. The zero-order valence-corrected chi connectivity index (χ0v) is 23.6. The topological polar surface area (TPSA) is 80.7 Å². The van der Waals surface area contributed by atoms with E-state index < -0.39 is 61.4 Å². The van der Waals surface area contributed by atoms with E-state index in [1.807, 2.05) is 0 Å². The maximum atomic E-state index is 14.1. The third kappa shape index (κ3) is 6.25. The zero-order valence-electron chi connectivity index (χ0n) is 22.7. The van der Waals surface area contributed by atoms with Gasteiger partial charge < -0.3 is 9.84 Å². The molecule has 2 aromatic carbocycles. The van der Waals surface area contributed by atoms with Gasteiger partial charge in [0.25, 0.3) is 5.60 Å². The Balaban J connectivity index is 2.10. The second-order valence-corrected chi connectivity index (χ2v) is 13.8. The standard InChI is InChI=1S/C28H31F7O5S/c1-17-16-25(41(38,39)22-11-9-21(29)10-12-22,14-13-18(17)15-23(36)40-24(2,3)4)19-5-7-20(8-6-19)26(37,27(30,31)32)28(33,34)35/h5-12,17-18,37H,13-16H2,1-4H3/t17-,18?,25-/m1/s1. The molecule has 0 amide bonds. The van der Waals surface area contributed by atoms with Gasteiger partial charge >= 0.3 is 18.3 Å². The molecule has 0 bridgehead atoms. The van der Waals surface area contributed by atoms with Crippen LogP contribution in [-0.2, 0) is 29.7 Å². The Kier molecular flexibility index (Phi) is 8.71. The number of benzene rings is 2. The number of hydrogen-bond donors (Lipinski definition) is 1. The highest BCUT2D eigenvalue weighted by molar-refractivity contribution is 7.92. The Hall–Kier alpha value is -2.67. The summed E-state index contributed by atoms with van der Waals surface area (Å²) in [5.74, 6) is -1.98. The van der Waals surface area contributed by atoms with Crippen LogP contribution in [0.1, 0.15) is 64.5 Å². The van der Waals surface area contributed by atoms with Gasteiger partial charge in [0.15, 0.2) is 9.84 Å². The molecule has 1 aliphatic rings. The van der Waals surface area contributed by atoms with Crippen LogP contribution in [0, 0.1) is 17.7 Å². The third-order valence-corrected chi connectivity index (χ3v) is 10.0. The molecular weight excluding hydrogens is 581 g/mol. The highest BCUT2D eigenvalue weighted by atomic mass is 32.2. The SMILES string of the molecule is C[C@@H]1C[C@](c2ccc(C(O)(C(F)(F)F)C(F)(F)F)cc2)(S(=O)(=O)c2ccc(F)cc2)CCC1CC(=O)OC(C)(C)C. The van der Waals surface area contributed by atoms with Crippen molar-refractivity contribution in [2.45, 2.75) is 86.6 Å². The molecule has 0 saturated heterocycles. The minimum absolute atomic E-state index is 0.0196. The fraction of sp³-hybridized carbons (Fsp3) is 0.536.